The van der Waals surface area contributed by atoms with Crippen LogP contribution in [0.15, 0.2) is 0 Å². The largest absolute Gasteiger partial charge is 0.216 e. The van der Waals surface area contributed by atoms with Gasteiger partial charge in [0.25, 0.3) is 0 Å². The van der Waals surface area contributed by atoms with Crippen molar-refractivity contribution in [1.29, 1.82) is 0 Å². The summed E-state index contributed by atoms with van der Waals surface area (Å²) in [5.74, 6) is 0. The molecule has 0 fully saturated rings. The van der Waals surface area contributed by atoms with Crippen molar-refractivity contribution in [2.24, 2.45) is 0 Å². The van der Waals surface area contributed by atoms with Gasteiger partial charge in [0.1, 0.15) is 5.72 Å². The monoisotopic (exact) mass is 137 g/mol. The van der Waals surface area contributed by atoms with E-state index >= 15 is 0 Å². The molecule has 10 heavy (non-hydrogen) atoms. The Bertz CT molecular complexity index is 188. The summed E-state index contributed by atoms with van der Waals surface area (Å²) in [6, 6.07) is 0. The first-order valence-electron chi connectivity index (χ1n) is 3.17. The van der Waals surface area contributed by atoms with Gasteiger partial charge in [-0.2, -0.15) is 10.3 Å². The van der Waals surface area contributed by atoms with E-state index in [0.29, 0.717) is 5.72 Å². The van der Waals surface area contributed by atoms with Gasteiger partial charge in [-0.05, 0) is 0 Å². The fraction of sp³-hybridized carbons (Fsp3) is 0.800. The predicted octanol–water partition coefficient (Wildman–Crippen LogP) is -0.252. The highest BCUT2D eigenvalue weighted by molar-refractivity contribution is 6.54. The van der Waals surface area contributed by atoms with Crippen LogP contribution in [0.1, 0.15) is 20.8 Å². The molecule has 0 bridgehead atoms. The first-order valence-corrected chi connectivity index (χ1v) is 3.17. The molecule has 0 atom stereocenters. The first-order chi connectivity index (χ1) is 4.58. The Hall–Kier alpha value is -0.865. The molecule has 0 amide bonds. The summed E-state index contributed by atoms with van der Waals surface area (Å²) in [6.45, 7) is 6.26. The van der Waals surface area contributed by atoms with Gasteiger partial charge >= 0.3 is 0 Å². The average molecular weight is 137 g/mol. The highest BCUT2D eigenvalue weighted by atomic mass is 15.5. The Morgan fingerprint density at radius 3 is 2.50 bits per heavy atom. The molecule has 0 aliphatic carbocycles. The van der Waals surface area contributed by atoms with Gasteiger partial charge in [-0.25, -0.2) is 0 Å². The molecule has 4 nitrogen and oxygen atoms in total. The van der Waals surface area contributed by atoms with Crippen molar-refractivity contribution in [3.8, 4) is 0 Å². The van der Waals surface area contributed by atoms with Crippen LogP contribution in [0, 0.1) is 0 Å². The van der Waals surface area contributed by atoms with Gasteiger partial charge in [0, 0.05) is 0 Å². The zero-order valence-electron chi connectivity index (χ0n) is 6.42. The Kier molecular flexibility index (Phi) is 1.74. The molecule has 0 aliphatic rings. The smallest absolute Gasteiger partial charge is 0.178 e. The minimum Gasteiger partial charge on any atom is -0.178 e. The number of aromatic amines is 1. The van der Waals surface area contributed by atoms with Crippen LogP contribution in [0.4, 0.5) is 0 Å². The van der Waals surface area contributed by atoms with Crippen molar-refractivity contribution in [3.63, 3.8) is 0 Å². The second-order valence-electron chi connectivity index (χ2n) is 3.28. The van der Waals surface area contributed by atoms with Gasteiger partial charge in [-0.3, -0.25) is 0 Å². The van der Waals surface area contributed by atoms with Crippen LogP contribution in [0.25, 0.3) is 0 Å². The summed E-state index contributed by atoms with van der Waals surface area (Å²) in [5.41, 5.74) is 0.660. The molecule has 0 unspecified atom stereocenters. The summed E-state index contributed by atoms with van der Waals surface area (Å²) in [4.78, 5) is 0. The van der Waals surface area contributed by atoms with E-state index in [4.69, 9.17) is 0 Å². The van der Waals surface area contributed by atoms with Crippen LogP contribution in [0.5, 0.6) is 0 Å². The lowest BCUT2D eigenvalue weighted by molar-refractivity contribution is 0.757. The molecule has 5 heteroatoms. The molecule has 0 aromatic carbocycles. The molecule has 53 valence electrons. The predicted molar refractivity (Wildman–Crippen MR) is 39.3 cm³/mol. The van der Waals surface area contributed by atoms with Gasteiger partial charge in [-0.15, -0.1) is 5.10 Å². The van der Waals surface area contributed by atoms with Crippen molar-refractivity contribution < 1.29 is 0 Å². The second-order valence-corrected chi connectivity index (χ2v) is 3.28. The van der Waals surface area contributed by atoms with Gasteiger partial charge in [-0.1, -0.05) is 31.3 Å². The molecule has 0 saturated heterocycles. The Morgan fingerprint density at radius 1 is 1.40 bits per heavy atom. The van der Waals surface area contributed by atoms with E-state index in [2.05, 4.69) is 41.4 Å². The maximum Gasteiger partial charge on any atom is 0.216 e. The van der Waals surface area contributed by atoms with Crippen LogP contribution in [0.3, 0.4) is 0 Å². The van der Waals surface area contributed by atoms with E-state index in [1.807, 2.05) is 7.28 Å². The molecule has 1 rings (SSSR count). The van der Waals surface area contributed by atoms with Crippen molar-refractivity contribution in [3.05, 3.63) is 0 Å². The van der Waals surface area contributed by atoms with Gasteiger partial charge < -0.3 is 0 Å². The summed E-state index contributed by atoms with van der Waals surface area (Å²) in [5, 5.41) is 13.5. The standard InChI is InChI=1S/C5H10BN4/c1-5(2,3)6-4-7-9-10-8-4/h1-3H3,(H,7,8,9,10). The number of nitrogens with zero attached hydrogens (tertiary/aromatic N) is 3. The molecule has 1 aromatic heterocycles. The Morgan fingerprint density at radius 2 is 2.10 bits per heavy atom. The minimum absolute atomic E-state index is 0.115. The number of rotatable bonds is 1. The first kappa shape index (κ1) is 7.24. The van der Waals surface area contributed by atoms with E-state index in [-0.39, 0.29) is 5.31 Å². The lowest BCUT2D eigenvalue weighted by Crippen LogP contribution is -2.26. The van der Waals surface area contributed by atoms with Crippen LogP contribution >= 0.6 is 0 Å². The quantitative estimate of drug-likeness (QED) is 0.543. The molecule has 1 radical (unpaired) electrons. The molecule has 1 aromatic rings. The molecular formula is C5H10BN4. The maximum absolute atomic E-state index is 3.80. The topological polar surface area (TPSA) is 54.5 Å². The third kappa shape index (κ3) is 2.17. The van der Waals surface area contributed by atoms with E-state index < -0.39 is 0 Å². The highest BCUT2D eigenvalue weighted by Gasteiger charge is 2.16. The second kappa shape index (κ2) is 2.40. The zero-order valence-corrected chi connectivity index (χ0v) is 6.42. The average Bonchev–Trinajstić information content (AvgIpc) is 2.12. The molecule has 0 aliphatic heterocycles. The van der Waals surface area contributed by atoms with Gasteiger partial charge in [0.05, 0.1) is 0 Å². The normalized spacial score (nSPS) is 11.5. The molecule has 0 spiro atoms. The lowest BCUT2D eigenvalue weighted by atomic mass is 9.55. The Balaban J connectivity index is 2.57. The van der Waals surface area contributed by atoms with Crippen LogP contribution in [-0.2, 0) is 0 Å². The maximum atomic E-state index is 3.80. The molecule has 0 saturated carbocycles. The van der Waals surface area contributed by atoms with Gasteiger partial charge in [0.15, 0.2) is 0 Å². The SMILES string of the molecule is CC(C)(C)[B]c1nn[nH]n1. The number of hydrogen-bond donors (Lipinski definition) is 1. The summed E-state index contributed by atoms with van der Waals surface area (Å²) in [6.07, 6.45) is 0. The van der Waals surface area contributed by atoms with E-state index in [1.54, 1.807) is 0 Å². The van der Waals surface area contributed by atoms with E-state index in [1.165, 1.54) is 0 Å². The number of H-pyrrole nitrogens is 1. The highest BCUT2D eigenvalue weighted by Crippen LogP contribution is 2.18. The summed E-state index contributed by atoms with van der Waals surface area (Å²) >= 11 is 0. The summed E-state index contributed by atoms with van der Waals surface area (Å²) in [7, 11) is 1.95. The molecule has 1 N–H and O–H groups in total. The van der Waals surface area contributed by atoms with Crippen molar-refractivity contribution in [1.82, 2.24) is 20.6 Å². The zero-order chi connectivity index (χ0) is 7.61. The number of hydrogen-bond acceptors (Lipinski definition) is 3. The minimum atomic E-state index is 0.115. The molecular weight excluding hydrogens is 127 g/mol. The number of nitrogens with one attached hydrogen (secondary N) is 1. The third-order valence-corrected chi connectivity index (χ3v) is 0.924. The van der Waals surface area contributed by atoms with Crippen molar-refractivity contribution in [2.45, 2.75) is 26.1 Å². The number of tetrazole rings is 1. The number of aromatic nitrogens is 4. The molecule has 1 heterocycles. The van der Waals surface area contributed by atoms with Crippen LogP contribution in [0.2, 0.25) is 5.31 Å². The lowest BCUT2D eigenvalue weighted by Gasteiger charge is -2.12. The van der Waals surface area contributed by atoms with Gasteiger partial charge in [0.2, 0.25) is 7.28 Å². The van der Waals surface area contributed by atoms with Crippen molar-refractivity contribution >= 4 is 13.0 Å². The van der Waals surface area contributed by atoms with E-state index in [9.17, 15) is 0 Å². The van der Waals surface area contributed by atoms with Crippen LogP contribution < -0.4 is 5.72 Å². The fourth-order valence-corrected chi connectivity index (χ4v) is 0.618. The van der Waals surface area contributed by atoms with Crippen LogP contribution in [-0.4, -0.2) is 27.9 Å². The third-order valence-electron chi connectivity index (χ3n) is 0.924. The van der Waals surface area contributed by atoms with Crippen molar-refractivity contribution in [2.75, 3.05) is 0 Å². The summed E-state index contributed by atoms with van der Waals surface area (Å²) < 4.78 is 0. The van der Waals surface area contributed by atoms with E-state index in [0.717, 1.165) is 0 Å². The fourth-order valence-electron chi connectivity index (χ4n) is 0.618. The Labute approximate surface area is 60.7 Å².